The summed E-state index contributed by atoms with van der Waals surface area (Å²) in [5.74, 6) is -0.569. The molecule has 1 aromatic rings. The van der Waals surface area contributed by atoms with Crippen molar-refractivity contribution in [1.29, 1.82) is 0 Å². The second-order valence-corrected chi connectivity index (χ2v) is 2.61. The molecule has 0 amide bonds. The zero-order chi connectivity index (χ0) is 9.68. The number of carboxylic acids is 1. The number of nitrogens with zero attached hydrogens (tertiary/aromatic N) is 2. The lowest BCUT2D eigenvalue weighted by Gasteiger charge is -1.91. The van der Waals surface area contributed by atoms with Crippen LogP contribution in [0, 0.1) is 4.91 Å². The molecule has 0 spiro atoms. The fourth-order valence-corrected chi connectivity index (χ4v) is 0.973. The Balaban J connectivity index is 2.36. The van der Waals surface area contributed by atoms with Crippen molar-refractivity contribution in [1.82, 2.24) is 4.98 Å². The molecule has 2 N–H and O–H groups in total. The van der Waals surface area contributed by atoms with Crippen LogP contribution in [0.4, 0.5) is 5.82 Å². The Kier molecular flexibility index (Phi) is 3.13. The number of imidazole rings is 1. The van der Waals surface area contributed by atoms with Crippen LogP contribution in [0.1, 0.15) is 12.8 Å². The van der Waals surface area contributed by atoms with E-state index in [1.165, 1.54) is 6.20 Å². The van der Waals surface area contributed by atoms with Crippen LogP contribution >= 0.6 is 0 Å². The standard InChI is InChI=1S/C7H9N3O3/c11-7(12)2-1-3-10-4-6(9-13)8-5-10/h4-5H,1-3H2,(H,11,12)/p+1. The van der Waals surface area contributed by atoms with E-state index in [0.717, 1.165) is 0 Å². The number of aliphatic carboxylic acids is 1. The number of nitrogens with one attached hydrogen (secondary N) is 1. The lowest BCUT2D eigenvalue weighted by molar-refractivity contribution is -0.695. The van der Waals surface area contributed by atoms with Crippen molar-refractivity contribution in [3.63, 3.8) is 0 Å². The smallest absolute Gasteiger partial charge is 0.303 e. The largest absolute Gasteiger partial charge is 0.481 e. The van der Waals surface area contributed by atoms with Gasteiger partial charge in [-0.2, -0.15) is 0 Å². The highest BCUT2D eigenvalue weighted by molar-refractivity contribution is 5.66. The van der Waals surface area contributed by atoms with E-state index >= 15 is 0 Å². The number of hydrogen-bond acceptors (Lipinski definition) is 3. The monoisotopic (exact) mass is 184 g/mol. The van der Waals surface area contributed by atoms with Crippen LogP contribution in [0.15, 0.2) is 17.7 Å². The van der Waals surface area contributed by atoms with Gasteiger partial charge in [-0.1, -0.05) is 0 Å². The summed E-state index contributed by atoms with van der Waals surface area (Å²) in [5, 5.41) is 11.0. The molecule has 0 saturated heterocycles. The van der Waals surface area contributed by atoms with Crippen molar-refractivity contribution in [2.75, 3.05) is 0 Å². The van der Waals surface area contributed by atoms with Gasteiger partial charge in [0.1, 0.15) is 0 Å². The molecule has 0 aromatic carbocycles. The first-order valence-corrected chi connectivity index (χ1v) is 3.85. The van der Waals surface area contributed by atoms with E-state index in [9.17, 15) is 9.70 Å². The van der Waals surface area contributed by atoms with Gasteiger partial charge in [-0.3, -0.25) is 4.79 Å². The molecule has 70 valence electrons. The van der Waals surface area contributed by atoms with Gasteiger partial charge in [0.2, 0.25) is 6.33 Å². The van der Waals surface area contributed by atoms with Gasteiger partial charge in [0, 0.05) is 11.6 Å². The van der Waals surface area contributed by atoms with Gasteiger partial charge in [-0.25, -0.2) is 9.55 Å². The van der Waals surface area contributed by atoms with Crippen LogP contribution in [0.25, 0.3) is 0 Å². The van der Waals surface area contributed by atoms with E-state index < -0.39 is 5.97 Å². The summed E-state index contributed by atoms with van der Waals surface area (Å²) in [6.45, 7) is 0.568. The molecular weight excluding hydrogens is 174 g/mol. The number of aryl methyl sites for hydroxylation is 1. The molecule has 0 aliphatic heterocycles. The summed E-state index contributed by atoms with van der Waals surface area (Å²) in [5.41, 5.74) is 0. The number of carboxylic acid groups (broad SMARTS) is 1. The summed E-state index contributed by atoms with van der Waals surface area (Å²) < 4.78 is 1.69. The minimum Gasteiger partial charge on any atom is -0.481 e. The molecule has 0 aliphatic carbocycles. The zero-order valence-electron chi connectivity index (χ0n) is 6.93. The quantitative estimate of drug-likeness (QED) is 0.518. The lowest BCUT2D eigenvalue weighted by atomic mass is 10.3. The maximum Gasteiger partial charge on any atom is 0.303 e. The zero-order valence-corrected chi connectivity index (χ0v) is 6.93. The van der Waals surface area contributed by atoms with Gasteiger partial charge in [-0.15, -0.1) is 4.91 Å². The Morgan fingerprint density at radius 2 is 2.46 bits per heavy atom. The van der Waals surface area contributed by atoms with Crippen LogP contribution in [-0.4, -0.2) is 16.1 Å². The van der Waals surface area contributed by atoms with Gasteiger partial charge in [0.15, 0.2) is 6.20 Å². The second-order valence-electron chi connectivity index (χ2n) is 2.61. The van der Waals surface area contributed by atoms with Gasteiger partial charge < -0.3 is 5.11 Å². The number of rotatable bonds is 5. The molecule has 1 heterocycles. The third-order valence-corrected chi connectivity index (χ3v) is 1.57. The molecule has 0 unspecified atom stereocenters. The first-order valence-electron chi connectivity index (χ1n) is 3.85. The fraction of sp³-hybridized carbons (Fsp3) is 0.429. The summed E-state index contributed by atoms with van der Waals surface area (Å²) in [4.78, 5) is 22.8. The molecule has 6 heteroatoms. The van der Waals surface area contributed by atoms with Crippen LogP contribution in [0.5, 0.6) is 0 Å². The third-order valence-electron chi connectivity index (χ3n) is 1.57. The Hall–Kier alpha value is -1.72. The predicted molar refractivity (Wildman–Crippen MR) is 43.3 cm³/mol. The molecular formula is C7H10N3O3+. The van der Waals surface area contributed by atoms with E-state index in [0.29, 0.717) is 13.0 Å². The van der Waals surface area contributed by atoms with Crippen molar-refractivity contribution in [2.24, 2.45) is 5.18 Å². The van der Waals surface area contributed by atoms with Crippen LogP contribution in [-0.2, 0) is 11.3 Å². The average Bonchev–Trinajstić information content (AvgIpc) is 2.52. The van der Waals surface area contributed by atoms with Crippen molar-refractivity contribution < 1.29 is 14.5 Å². The van der Waals surface area contributed by atoms with Crippen molar-refractivity contribution in [2.45, 2.75) is 19.4 Å². The molecule has 13 heavy (non-hydrogen) atoms. The number of aromatic amines is 1. The number of carbonyl (C=O) groups is 1. The molecule has 0 bridgehead atoms. The van der Waals surface area contributed by atoms with Crippen LogP contribution in [0.3, 0.4) is 0 Å². The SMILES string of the molecule is O=Nc1c[n+](CCCC(=O)O)c[nH]1. The van der Waals surface area contributed by atoms with Crippen molar-refractivity contribution in [3.8, 4) is 0 Å². The first-order chi connectivity index (χ1) is 6.22. The second kappa shape index (κ2) is 4.34. The van der Waals surface area contributed by atoms with E-state index in [2.05, 4.69) is 10.2 Å². The lowest BCUT2D eigenvalue weighted by Crippen LogP contribution is -2.30. The van der Waals surface area contributed by atoms with Crippen molar-refractivity contribution >= 4 is 11.8 Å². The minimum atomic E-state index is -0.815. The average molecular weight is 184 g/mol. The minimum absolute atomic E-state index is 0.127. The molecule has 0 fully saturated rings. The van der Waals surface area contributed by atoms with E-state index in [4.69, 9.17) is 5.11 Å². The number of nitroso groups, excluding NO2 is 1. The van der Waals surface area contributed by atoms with E-state index in [1.807, 2.05) is 0 Å². The number of aromatic nitrogens is 2. The van der Waals surface area contributed by atoms with Gasteiger partial charge in [0.05, 0.1) is 6.54 Å². The highest BCUT2D eigenvalue weighted by Gasteiger charge is 2.05. The third kappa shape index (κ3) is 3.02. The topological polar surface area (TPSA) is 86.4 Å². The molecule has 1 rings (SSSR count). The maximum atomic E-state index is 10.2. The van der Waals surface area contributed by atoms with Gasteiger partial charge in [0.25, 0.3) is 5.82 Å². The fourth-order valence-electron chi connectivity index (χ4n) is 0.973. The normalized spacial score (nSPS) is 9.85. The summed E-state index contributed by atoms with van der Waals surface area (Å²) in [7, 11) is 0. The Morgan fingerprint density at radius 3 is 3.00 bits per heavy atom. The molecule has 0 atom stereocenters. The molecule has 1 aromatic heterocycles. The molecule has 0 radical (unpaired) electrons. The van der Waals surface area contributed by atoms with Crippen LogP contribution in [0.2, 0.25) is 0 Å². The van der Waals surface area contributed by atoms with Gasteiger partial charge in [-0.05, 0) is 6.42 Å². The highest BCUT2D eigenvalue weighted by atomic mass is 16.4. The van der Waals surface area contributed by atoms with E-state index in [1.54, 1.807) is 10.9 Å². The van der Waals surface area contributed by atoms with Gasteiger partial charge >= 0.3 is 5.97 Å². The van der Waals surface area contributed by atoms with E-state index in [-0.39, 0.29) is 12.2 Å². The Morgan fingerprint density at radius 1 is 1.69 bits per heavy atom. The first kappa shape index (κ1) is 9.37. The maximum absolute atomic E-state index is 10.2. The Bertz CT molecular complexity index is 308. The summed E-state index contributed by atoms with van der Waals surface area (Å²) in [6.07, 6.45) is 3.78. The summed E-state index contributed by atoms with van der Waals surface area (Å²) in [6, 6.07) is 0. The molecule has 0 saturated carbocycles. The number of hydrogen-bond donors (Lipinski definition) is 2. The Labute approximate surface area is 74.2 Å². The van der Waals surface area contributed by atoms with Crippen LogP contribution < -0.4 is 4.57 Å². The summed E-state index contributed by atoms with van der Waals surface area (Å²) >= 11 is 0. The number of H-pyrrole nitrogens is 1. The molecule has 0 aliphatic rings. The van der Waals surface area contributed by atoms with Crippen molar-refractivity contribution in [3.05, 3.63) is 17.4 Å². The molecule has 6 nitrogen and oxygen atoms in total. The highest BCUT2D eigenvalue weighted by Crippen LogP contribution is 2.00. The predicted octanol–water partition coefficient (Wildman–Crippen LogP) is 0.565.